The minimum Gasteiger partial charge on any atom is -0.375 e. The molecule has 6 heteroatoms. The Labute approximate surface area is 140 Å². The van der Waals surface area contributed by atoms with E-state index in [1.54, 1.807) is 49.3 Å². The first-order chi connectivity index (χ1) is 11.3. The molecule has 2 amide bonds. The molecule has 0 aliphatic heterocycles. The van der Waals surface area contributed by atoms with Gasteiger partial charge < -0.3 is 15.5 Å². The number of anilines is 2. The molecule has 0 aromatic heterocycles. The monoisotopic (exact) mass is 329 g/mol. The van der Waals surface area contributed by atoms with E-state index in [0.29, 0.717) is 16.9 Å². The average molecular weight is 329 g/mol. The van der Waals surface area contributed by atoms with Crippen LogP contribution in [0.4, 0.5) is 15.8 Å². The number of rotatable bonds is 4. The highest BCUT2D eigenvalue weighted by molar-refractivity contribution is 6.05. The topological polar surface area (TPSA) is 61.4 Å². The van der Waals surface area contributed by atoms with Crippen molar-refractivity contribution in [1.29, 1.82) is 0 Å². The van der Waals surface area contributed by atoms with E-state index in [1.165, 1.54) is 13.1 Å². The molecule has 0 aliphatic rings. The normalized spacial score (nSPS) is 10.2. The molecule has 0 atom stereocenters. The summed E-state index contributed by atoms with van der Waals surface area (Å²) in [5, 5.41) is 5.25. The molecule has 0 bridgehead atoms. The maximum absolute atomic E-state index is 14.0. The highest BCUT2D eigenvalue weighted by Crippen LogP contribution is 2.21. The van der Waals surface area contributed by atoms with Crippen LogP contribution in [0.25, 0.3) is 0 Å². The van der Waals surface area contributed by atoms with Gasteiger partial charge in [-0.05, 0) is 42.8 Å². The smallest absolute Gasteiger partial charge is 0.255 e. The SMILES string of the molecule is CNC(=O)c1ccc(C)c(NC(=O)c2ccc(N(C)C)c(F)c2)c1. The zero-order valence-corrected chi connectivity index (χ0v) is 14.1. The molecule has 0 aliphatic carbocycles. The molecule has 24 heavy (non-hydrogen) atoms. The van der Waals surface area contributed by atoms with Crippen LogP contribution in [-0.4, -0.2) is 33.0 Å². The molecule has 0 spiro atoms. The van der Waals surface area contributed by atoms with Gasteiger partial charge in [0.15, 0.2) is 0 Å². The average Bonchev–Trinajstić information content (AvgIpc) is 2.55. The van der Waals surface area contributed by atoms with E-state index < -0.39 is 11.7 Å². The summed E-state index contributed by atoms with van der Waals surface area (Å²) < 4.78 is 14.0. The van der Waals surface area contributed by atoms with Gasteiger partial charge in [0.2, 0.25) is 0 Å². The maximum Gasteiger partial charge on any atom is 0.255 e. The highest BCUT2D eigenvalue weighted by atomic mass is 19.1. The first kappa shape index (κ1) is 17.5. The van der Waals surface area contributed by atoms with E-state index in [-0.39, 0.29) is 11.5 Å². The lowest BCUT2D eigenvalue weighted by atomic mass is 10.1. The third-order valence-corrected chi connectivity index (χ3v) is 3.67. The number of halogens is 1. The van der Waals surface area contributed by atoms with Gasteiger partial charge in [-0.3, -0.25) is 9.59 Å². The molecule has 0 saturated heterocycles. The lowest BCUT2D eigenvalue weighted by Crippen LogP contribution is -2.19. The Hall–Kier alpha value is -2.89. The van der Waals surface area contributed by atoms with Crippen LogP contribution in [-0.2, 0) is 0 Å². The van der Waals surface area contributed by atoms with Crippen molar-refractivity contribution in [1.82, 2.24) is 5.32 Å². The van der Waals surface area contributed by atoms with Crippen LogP contribution in [0.3, 0.4) is 0 Å². The van der Waals surface area contributed by atoms with Crippen LogP contribution >= 0.6 is 0 Å². The predicted molar refractivity (Wildman–Crippen MR) is 93.2 cm³/mol. The second-order valence-electron chi connectivity index (χ2n) is 5.62. The zero-order valence-electron chi connectivity index (χ0n) is 14.1. The number of carbonyl (C=O) groups is 2. The maximum atomic E-state index is 14.0. The molecule has 2 aromatic carbocycles. The van der Waals surface area contributed by atoms with E-state index >= 15 is 0 Å². The summed E-state index contributed by atoms with van der Waals surface area (Å²) in [6, 6.07) is 9.33. The Balaban J connectivity index is 2.26. The van der Waals surface area contributed by atoms with Crippen molar-refractivity contribution in [3.05, 3.63) is 58.9 Å². The fourth-order valence-corrected chi connectivity index (χ4v) is 2.25. The summed E-state index contributed by atoms with van der Waals surface area (Å²) in [4.78, 5) is 25.7. The first-order valence-corrected chi connectivity index (χ1v) is 7.44. The van der Waals surface area contributed by atoms with Crippen molar-refractivity contribution >= 4 is 23.2 Å². The summed E-state index contributed by atoms with van der Waals surface area (Å²) in [6.45, 7) is 1.82. The number of hydrogen-bond acceptors (Lipinski definition) is 3. The molecule has 0 radical (unpaired) electrons. The molecular weight excluding hydrogens is 309 g/mol. The molecule has 5 nitrogen and oxygen atoms in total. The lowest BCUT2D eigenvalue weighted by molar-refractivity contribution is 0.0961. The highest BCUT2D eigenvalue weighted by Gasteiger charge is 2.13. The fraction of sp³-hybridized carbons (Fsp3) is 0.222. The molecule has 2 N–H and O–H groups in total. The van der Waals surface area contributed by atoms with Gasteiger partial charge >= 0.3 is 0 Å². The number of hydrogen-bond donors (Lipinski definition) is 2. The second kappa shape index (κ2) is 7.12. The zero-order chi connectivity index (χ0) is 17.9. The van der Waals surface area contributed by atoms with Crippen molar-refractivity contribution in [2.24, 2.45) is 0 Å². The Bertz CT molecular complexity index is 788. The largest absolute Gasteiger partial charge is 0.375 e. The van der Waals surface area contributed by atoms with Gasteiger partial charge in [0.05, 0.1) is 5.69 Å². The molecule has 0 heterocycles. The second-order valence-corrected chi connectivity index (χ2v) is 5.62. The van der Waals surface area contributed by atoms with E-state index in [9.17, 15) is 14.0 Å². The third-order valence-electron chi connectivity index (χ3n) is 3.67. The van der Waals surface area contributed by atoms with E-state index in [1.807, 2.05) is 6.92 Å². The number of aryl methyl sites for hydroxylation is 1. The van der Waals surface area contributed by atoms with Gasteiger partial charge in [-0.25, -0.2) is 4.39 Å². The quantitative estimate of drug-likeness (QED) is 0.907. The van der Waals surface area contributed by atoms with Crippen molar-refractivity contribution in [3.8, 4) is 0 Å². The molecule has 0 unspecified atom stereocenters. The Morgan fingerprint density at radius 2 is 1.62 bits per heavy atom. The van der Waals surface area contributed by atoms with Crippen molar-refractivity contribution in [3.63, 3.8) is 0 Å². The summed E-state index contributed by atoms with van der Waals surface area (Å²) in [5.74, 6) is -1.15. The van der Waals surface area contributed by atoms with Crippen molar-refractivity contribution in [2.45, 2.75) is 6.92 Å². The molecule has 2 rings (SSSR count). The number of nitrogens with one attached hydrogen (secondary N) is 2. The number of amides is 2. The fourth-order valence-electron chi connectivity index (χ4n) is 2.25. The minimum atomic E-state index is -0.469. The number of nitrogens with zero attached hydrogens (tertiary/aromatic N) is 1. The molecular formula is C18H20FN3O2. The Kier molecular flexibility index (Phi) is 5.18. The summed E-state index contributed by atoms with van der Waals surface area (Å²) >= 11 is 0. The minimum absolute atomic E-state index is 0.211. The Morgan fingerprint density at radius 1 is 1.00 bits per heavy atom. The van der Waals surface area contributed by atoms with Gasteiger partial charge in [0.25, 0.3) is 11.8 Å². The molecule has 2 aromatic rings. The third kappa shape index (κ3) is 3.71. The van der Waals surface area contributed by atoms with Crippen LogP contribution in [0.15, 0.2) is 36.4 Å². The molecule has 126 valence electrons. The summed E-state index contributed by atoms with van der Waals surface area (Å²) in [5.41, 5.74) is 2.37. The van der Waals surface area contributed by atoms with Gasteiger partial charge in [-0.2, -0.15) is 0 Å². The predicted octanol–water partition coefficient (Wildman–Crippen LogP) is 2.81. The van der Waals surface area contributed by atoms with Gasteiger partial charge in [-0.15, -0.1) is 0 Å². The Morgan fingerprint density at radius 3 is 2.21 bits per heavy atom. The van der Waals surface area contributed by atoms with Gasteiger partial charge in [0, 0.05) is 38.0 Å². The lowest BCUT2D eigenvalue weighted by Gasteiger charge is -2.14. The van der Waals surface area contributed by atoms with Crippen LogP contribution < -0.4 is 15.5 Å². The van der Waals surface area contributed by atoms with E-state index in [0.717, 1.165) is 5.56 Å². The van der Waals surface area contributed by atoms with Gasteiger partial charge in [0.1, 0.15) is 5.82 Å². The van der Waals surface area contributed by atoms with Crippen LogP contribution in [0.1, 0.15) is 26.3 Å². The number of carbonyl (C=O) groups excluding carboxylic acids is 2. The first-order valence-electron chi connectivity index (χ1n) is 7.44. The van der Waals surface area contributed by atoms with Crippen LogP contribution in [0.2, 0.25) is 0 Å². The summed E-state index contributed by atoms with van der Waals surface area (Å²) in [6.07, 6.45) is 0. The molecule has 0 saturated carbocycles. The van der Waals surface area contributed by atoms with Crippen molar-refractivity contribution in [2.75, 3.05) is 31.4 Å². The van der Waals surface area contributed by atoms with Crippen LogP contribution in [0, 0.1) is 12.7 Å². The van der Waals surface area contributed by atoms with E-state index in [2.05, 4.69) is 10.6 Å². The van der Waals surface area contributed by atoms with Gasteiger partial charge in [-0.1, -0.05) is 6.07 Å². The molecule has 0 fully saturated rings. The van der Waals surface area contributed by atoms with E-state index in [4.69, 9.17) is 0 Å². The standard InChI is InChI=1S/C18H20FN3O2/c1-11-5-6-13(17(23)20-2)10-15(11)21-18(24)12-7-8-16(22(3)4)14(19)9-12/h5-10H,1-4H3,(H,20,23)(H,21,24). The van der Waals surface area contributed by atoms with Crippen LogP contribution in [0.5, 0.6) is 0 Å². The van der Waals surface area contributed by atoms with Crippen molar-refractivity contribution < 1.29 is 14.0 Å². The summed E-state index contributed by atoms with van der Waals surface area (Å²) in [7, 11) is 4.99. The number of benzene rings is 2.